The highest BCUT2D eigenvalue weighted by atomic mass is 16.3. The Hall–Kier alpha value is -10.1. The molecule has 14 aromatic carbocycles. The predicted octanol–water partition coefficient (Wildman–Crippen LogP) is 17.7. The van der Waals surface area contributed by atoms with Crippen LogP contribution in [0.2, 0.25) is 0 Å². The van der Waals surface area contributed by atoms with Gasteiger partial charge >= 0.3 is 0 Å². The summed E-state index contributed by atoms with van der Waals surface area (Å²) in [6.07, 6.45) is 0. The first-order chi connectivity index (χ1) is 45.2. The van der Waals surface area contributed by atoms with Gasteiger partial charge in [-0.2, -0.15) is 0 Å². The molecule has 92 heavy (non-hydrogen) atoms. The summed E-state index contributed by atoms with van der Waals surface area (Å²) in [5.41, 5.74) is 17.9. The summed E-state index contributed by atoms with van der Waals surface area (Å²) in [5, 5.41) is 67.5. The van der Waals surface area contributed by atoms with E-state index in [1.54, 1.807) is 0 Å². The van der Waals surface area contributed by atoms with Gasteiger partial charge in [0.05, 0.1) is 50.5 Å². The minimum atomic E-state index is -0.545. The predicted molar refractivity (Wildman–Crippen MR) is 376 cm³/mol. The van der Waals surface area contributed by atoms with Crippen LogP contribution in [0.15, 0.2) is 303 Å². The Balaban J connectivity index is 0.000000136. The number of rotatable bonds is 15. The maximum atomic E-state index is 9.91. The number of benzene rings is 14. The van der Waals surface area contributed by atoms with E-state index in [0.717, 1.165) is 110 Å². The van der Waals surface area contributed by atoms with Gasteiger partial charge in [0.25, 0.3) is 0 Å². The summed E-state index contributed by atoms with van der Waals surface area (Å²) in [7, 11) is 0. The molecule has 0 aliphatic rings. The van der Waals surface area contributed by atoms with Crippen molar-refractivity contribution in [2.75, 3.05) is 0 Å². The van der Waals surface area contributed by atoms with E-state index in [0.29, 0.717) is 0 Å². The molecular formula is C86H74O6. The second-order valence-corrected chi connectivity index (χ2v) is 23.6. The molecule has 0 saturated heterocycles. The Labute approximate surface area is 538 Å². The van der Waals surface area contributed by atoms with Gasteiger partial charge in [-0.1, -0.05) is 279 Å². The van der Waals surface area contributed by atoms with Crippen LogP contribution in [0.25, 0.3) is 54.2 Å². The number of aliphatic hydroxyl groups excluding tert-OH is 6. The lowest BCUT2D eigenvalue weighted by Gasteiger charge is -2.37. The van der Waals surface area contributed by atoms with Crippen molar-refractivity contribution in [1.82, 2.24) is 0 Å². The van der Waals surface area contributed by atoms with Crippen LogP contribution in [0.3, 0.4) is 0 Å². The molecule has 0 heterocycles. The highest BCUT2D eigenvalue weighted by Crippen LogP contribution is 2.49. The van der Waals surface area contributed by atoms with Gasteiger partial charge in [-0.15, -0.1) is 0 Å². The van der Waals surface area contributed by atoms with Gasteiger partial charge in [0, 0.05) is 0 Å². The maximum absolute atomic E-state index is 9.91. The molecule has 0 bridgehead atoms. The van der Waals surface area contributed by atoms with Crippen molar-refractivity contribution in [1.29, 1.82) is 0 Å². The summed E-state index contributed by atoms with van der Waals surface area (Å²) < 4.78 is 0. The van der Waals surface area contributed by atoms with Gasteiger partial charge in [0.15, 0.2) is 0 Å². The van der Waals surface area contributed by atoms with Crippen LogP contribution in [0.1, 0.15) is 89.0 Å². The minimum Gasteiger partial charge on any atom is -0.392 e. The number of hydrogen-bond donors (Lipinski definition) is 6. The molecule has 14 aromatic rings. The monoisotopic (exact) mass is 1200 g/mol. The van der Waals surface area contributed by atoms with Crippen molar-refractivity contribution >= 4 is 43.1 Å². The van der Waals surface area contributed by atoms with Gasteiger partial charge in [0.1, 0.15) is 0 Å². The Morgan fingerprint density at radius 3 is 0.815 bits per heavy atom. The van der Waals surface area contributed by atoms with Crippen LogP contribution in [-0.2, 0) is 50.5 Å². The van der Waals surface area contributed by atoms with E-state index in [2.05, 4.69) is 232 Å². The second kappa shape index (κ2) is 28.0. The summed E-state index contributed by atoms with van der Waals surface area (Å²) in [4.78, 5) is 0. The van der Waals surface area contributed by atoms with E-state index < -0.39 is 10.8 Å². The summed E-state index contributed by atoms with van der Waals surface area (Å²) in [5.74, 6) is 0. The lowest BCUT2D eigenvalue weighted by molar-refractivity contribution is 0.280. The Morgan fingerprint density at radius 1 is 0.217 bits per heavy atom. The average molecular weight is 1200 g/mol. The summed E-state index contributed by atoms with van der Waals surface area (Å²) in [6.45, 7) is 4.16. The zero-order valence-electron chi connectivity index (χ0n) is 51.8. The number of hydrogen-bond acceptors (Lipinski definition) is 6. The zero-order valence-corrected chi connectivity index (χ0v) is 51.8. The van der Waals surface area contributed by atoms with E-state index >= 15 is 0 Å². The maximum Gasteiger partial charge on any atom is 0.0702 e. The third-order valence-corrected chi connectivity index (χ3v) is 18.4. The molecule has 0 fully saturated rings. The lowest BCUT2D eigenvalue weighted by Crippen LogP contribution is -2.31. The minimum absolute atomic E-state index is 0.0279. The Morgan fingerprint density at radius 2 is 0.489 bits per heavy atom. The van der Waals surface area contributed by atoms with Gasteiger partial charge in [-0.05, 0) is 181 Å². The summed E-state index contributed by atoms with van der Waals surface area (Å²) in [6, 6.07) is 105. The van der Waals surface area contributed by atoms with Gasteiger partial charge in [-0.3, -0.25) is 0 Å². The van der Waals surface area contributed by atoms with E-state index in [1.165, 1.54) is 33.4 Å². The molecule has 0 aliphatic heterocycles. The third kappa shape index (κ3) is 12.0. The molecule has 0 atom stereocenters. The number of fused-ring (bicyclic) bond motifs is 4. The standard InChI is InChI=1S/C35H28O2.C29H28O2.C22H18O2/c36-23-25-11-13-29-21-33(17-15-27(29)19-25)35(31-7-3-1-4-8-31,32-9-5-2-6-10-32)34-18-16-28-20-26(24-37)12-14-30(28)22-34;1-21-17-27(15-13-23(21)19-30)29(25-9-5-3-6-10-25,26-11-7-4-8-12-26)28-16-14-24(20-31)22(2)18-28;23-13-17-11-9-15-5-1-3-7-19(15)21(17)22-18(14-24)12-10-16-6-2-4-8-20(16)22/h1-22,36-37H,23-24H2;3-18,30-31H,19-20H2,1-2H3;1-12,23-24H,13-14H2. The normalized spacial score (nSPS) is 11.5. The molecule has 14 rings (SSSR count). The van der Waals surface area contributed by atoms with Crippen molar-refractivity contribution in [2.24, 2.45) is 0 Å². The largest absolute Gasteiger partial charge is 0.392 e. The fraction of sp³-hybridized carbons (Fsp3) is 0.116. The van der Waals surface area contributed by atoms with Gasteiger partial charge in [-0.25, -0.2) is 0 Å². The van der Waals surface area contributed by atoms with Crippen LogP contribution >= 0.6 is 0 Å². The van der Waals surface area contributed by atoms with Crippen LogP contribution < -0.4 is 0 Å². The fourth-order valence-corrected chi connectivity index (χ4v) is 13.7. The molecule has 6 N–H and O–H groups in total. The second-order valence-electron chi connectivity index (χ2n) is 23.6. The molecule has 0 radical (unpaired) electrons. The van der Waals surface area contributed by atoms with Crippen LogP contribution in [-0.4, -0.2) is 30.6 Å². The van der Waals surface area contributed by atoms with Gasteiger partial charge in [0.2, 0.25) is 0 Å². The fourth-order valence-electron chi connectivity index (χ4n) is 13.7. The first-order valence-corrected chi connectivity index (χ1v) is 31.3. The third-order valence-electron chi connectivity index (χ3n) is 18.4. The molecule has 0 aromatic heterocycles. The lowest BCUT2D eigenvalue weighted by atomic mass is 9.64. The van der Waals surface area contributed by atoms with Crippen molar-refractivity contribution in [3.63, 3.8) is 0 Å². The molecule has 0 amide bonds. The molecule has 0 aliphatic carbocycles. The van der Waals surface area contributed by atoms with E-state index in [1.807, 2.05) is 84.9 Å². The average Bonchev–Trinajstić information content (AvgIpc) is 0.745. The van der Waals surface area contributed by atoms with Crippen molar-refractivity contribution in [3.8, 4) is 11.1 Å². The Bertz CT molecular complexity index is 4540. The molecule has 454 valence electrons. The molecule has 6 heteroatoms. The smallest absolute Gasteiger partial charge is 0.0702 e. The van der Waals surface area contributed by atoms with Crippen LogP contribution in [0.4, 0.5) is 0 Å². The van der Waals surface area contributed by atoms with E-state index in [9.17, 15) is 30.6 Å². The molecule has 0 spiro atoms. The molecule has 0 saturated carbocycles. The quantitative estimate of drug-likeness (QED) is 0.0569. The van der Waals surface area contributed by atoms with Crippen LogP contribution in [0.5, 0.6) is 0 Å². The Kier molecular flexibility index (Phi) is 18.9. The number of aryl methyl sites for hydroxylation is 2. The van der Waals surface area contributed by atoms with E-state index in [4.69, 9.17) is 0 Å². The zero-order chi connectivity index (χ0) is 63.6. The van der Waals surface area contributed by atoms with E-state index in [-0.39, 0.29) is 39.6 Å². The molecule has 0 unspecified atom stereocenters. The highest BCUT2D eigenvalue weighted by Gasteiger charge is 2.40. The SMILES string of the molecule is Cc1cc(C(c2ccccc2)(c2ccccc2)c2ccc(CO)c(C)c2)ccc1CO.OCc1ccc2cc(C(c3ccccc3)(c3ccccc3)c3ccc4cc(CO)ccc4c3)ccc2c1.OCc1ccc2ccccc2c1-c1c(CO)ccc2ccccc12. The first-order valence-electron chi connectivity index (χ1n) is 31.3. The van der Waals surface area contributed by atoms with Crippen molar-refractivity contribution in [2.45, 2.75) is 64.3 Å². The topological polar surface area (TPSA) is 121 Å². The summed E-state index contributed by atoms with van der Waals surface area (Å²) >= 11 is 0. The highest BCUT2D eigenvalue weighted by molar-refractivity contribution is 6.08. The van der Waals surface area contributed by atoms with Gasteiger partial charge < -0.3 is 30.6 Å². The number of aliphatic hydroxyl groups is 6. The van der Waals surface area contributed by atoms with Crippen molar-refractivity contribution < 1.29 is 30.6 Å². The molecule has 6 nitrogen and oxygen atoms in total. The van der Waals surface area contributed by atoms with Crippen molar-refractivity contribution in [3.05, 3.63) is 392 Å². The first kappa shape index (κ1) is 62.1. The van der Waals surface area contributed by atoms with Crippen LogP contribution in [0, 0.1) is 13.8 Å². The molecular weight excluding hydrogens is 1130 g/mol.